The van der Waals surface area contributed by atoms with Gasteiger partial charge >= 0.3 is 0 Å². The Balaban J connectivity index is 1.55. The Bertz CT molecular complexity index is 858. The van der Waals surface area contributed by atoms with Crippen LogP contribution in [0.5, 0.6) is 0 Å². The Hall–Kier alpha value is -2.54. The lowest BCUT2D eigenvalue weighted by Crippen LogP contribution is -2.22. The van der Waals surface area contributed by atoms with Crippen molar-refractivity contribution in [2.24, 2.45) is 5.10 Å². The van der Waals surface area contributed by atoms with E-state index in [4.69, 9.17) is 0 Å². The number of Topliss-reactive ketones (excluding diaryl/α,β-unsaturated/α-hetero) is 1. The summed E-state index contributed by atoms with van der Waals surface area (Å²) in [4.78, 5) is 32.5. The number of aromatic nitrogens is 2. The smallest absolute Gasteiger partial charge is 0.271 e. The Morgan fingerprint density at radius 1 is 1.15 bits per heavy atom. The molecular formula is C20H22N4O2S. The number of benzene rings is 1. The average molecular weight is 382 g/mol. The summed E-state index contributed by atoms with van der Waals surface area (Å²) in [6.07, 6.45) is 2.53. The van der Waals surface area contributed by atoms with Gasteiger partial charge in [-0.25, -0.2) is 15.4 Å². The van der Waals surface area contributed by atoms with Gasteiger partial charge in [-0.2, -0.15) is 5.10 Å². The van der Waals surface area contributed by atoms with E-state index in [1.807, 2.05) is 32.0 Å². The van der Waals surface area contributed by atoms with Crippen LogP contribution in [0.2, 0.25) is 0 Å². The van der Waals surface area contributed by atoms with Crippen LogP contribution in [0.15, 0.2) is 40.6 Å². The fraction of sp³-hybridized carbons (Fsp3) is 0.350. The molecule has 1 aromatic carbocycles. The molecule has 1 heterocycles. The van der Waals surface area contributed by atoms with Crippen molar-refractivity contribution in [1.29, 1.82) is 0 Å². The first-order valence-corrected chi connectivity index (χ1v) is 9.89. The molecular weight excluding hydrogens is 360 g/mol. The first-order chi connectivity index (χ1) is 13.0. The Kier molecular flexibility index (Phi) is 6.34. The molecule has 3 rings (SSSR count). The molecule has 1 aromatic heterocycles. The summed E-state index contributed by atoms with van der Waals surface area (Å²) in [6, 6.07) is 9.34. The number of carbonyl (C=O) groups excluding carboxylic acids is 2. The number of nitrogens with one attached hydrogen (secondary N) is 1. The van der Waals surface area contributed by atoms with Crippen molar-refractivity contribution in [3.63, 3.8) is 0 Å². The van der Waals surface area contributed by atoms with Crippen molar-refractivity contribution in [2.45, 2.75) is 50.4 Å². The van der Waals surface area contributed by atoms with Gasteiger partial charge in [-0.05, 0) is 50.5 Å². The van der Waals surface area contributed by atoms with Crippen LogP contribution < -0.4 is 5.43 Å². The highest BCUT2D eigenvalue weighted by Gasteiger charge is 2.15. The van der Waals surface area contributed by atoms with E-state index >= 15 is 0 Å². The highest BCUT2D eigenvalue weighted by Crippen LogP contribution is 2.20. The number of thioether (sulfide) groups is 1. The second kappa shape index (κ2) is 8.90. The third-order valence-corrected chi connectivity index (χ3v) is 5.10. The van der Waals surface area contributed by atoms with Crippen LogP contribution in [0.3, 0.4) is 0 Å². The quantitative estimate of drug-likeness (QED) is 0.485. The van der Waals surface area contributed by atoms with Gasteiger partial charge in [0.1, 0.15) is 5.78 Å². The van der Waals surface area contributed by atoms with Gasteiger partial charge in [0.25, 0.3) is 5.91 Å². The Morgan fingerprint density at radius 3 is 2.52 bits per heavy atom. The molecule has 140 valence electrons. The summed E-state index contributed by atoms with van der Waals surface area (Å²) in [7, 11) is 0. The number of hydrogen-bond acceptors (Lipinski definition) is 6. The lowest BCUT2D eigenvalue weighted by molar-refractivity contribution is -0.118. The maximum atomic E-state index is 12.2. The molecule has 1 saturated carbocycles. The molecule has 0 bridgehead atoms. The summed E-state index contributed by atoms with van der Waals surface area (Å²) >= 11 is 1.57. The predicted molar refractivity (Wildman–Crippen MR) is 106 cm³/mol. The van der Waals surface area contributed by atoms with E-state index in [1.54, 1.807) is 23.9 Å². The van der Waals surface area contributed by atoms with Gasteiger partial charge < -0.3 is 0 Å². The fourth-order valence-corrected chi connectivity index (χ4v) is 3.75. The van der Waals surface area contributed by atoms with Gasteiger partial charge in [0.15, 0.2) is 5.16 Å². The van der Waals surface area contributed by atoms with E-state index in [2.05, 4.69) is 20.5 Å². The van der Waals surface area contributed by atoms with E-state index in [0.717, 1.165) is 46.4 Å². The highest BCUT2D eigenvalue weighted by molar-refractivity contribution is 7.98. The van der Waals surface area contributed by atoms with Crippen LogP contribution in [0.25, 0.3) is 0 Å². The highest BCUT2D eigenvalue weighted by atomic mass is 32.2. The average Bonchev–Trinajstić information content (AvgIpc) is 2.64. The number of nitrogens with zero attached hydrogens (tertiary/aromatic N) is 3. The van der Waals surface area contributed by atoms with Crippen molar-refractivity contribution in [1.82, 2.24) is 15.4 Å². The number of ketones is 1. The van der Waals surface area contributed by atoms with E-state index in [0.29, 0.717) is 18.4 Å². The van der Waals surface area contributed by atoms with Gasteiger partial charge in [0.2, 0.25) is 0 Å². The van der Waals surface area contributed by atoms with Crippen LogP contribution in [-0.2, 0) is 10.5 Å². The second-order valence-corrected chi connectivity index (χ2v) is 7.55. The summed E-state index contributed by atoms with van der Waals surface area (Å²) in [5.41, 5.74) is 6.84. The zero-order valence-electron chi connectivity index (χ0n) is 15.5. The SMILES string of the molecule is Cc1cc(C)nc(SCc2ccc(C(=O)N/N=C3/CCCC(=O)C3)cc2)n1. The van der Waals surface area contributed by atoms with Gasteiger partial charge in [-0.15, -0.1) is 0 Å². The number of hydrazone groups is 1. The van der Waals surface area contributed by atoms with E-state index in [9.17, 15) is 9.59 Å². The normalized spacial score (nSPS) is 15.8. The molecule has 1 aliphatic rings. The maximum absolute atomic E-state index is 12.2. The van der Waals surface area contributed by atoms with Crippen molar-refractivity contribution in [2.75, 3.05) is 0 Å². The van der Waals surface area contributed by atoms with Gasteiger partial charge in [0, 0.05) is 41.3 Å². The molecule has 7 heteroatoms. The lowest BCUT2D eigenvalue weighted by atomic mass is 9.97. The molecule has 0 atom stereocenters. The van der Waals surface area contributed by atoms with E-state index in [-0.39, 0.29) is 11.7 Å². The first kappa shape index (κ1) is 19.2. The lowest BCUT2D eigenvalue weighted by Gasteiger charge is -2.11. The van der Waals surface area contributed by atoms with Crippen LogP contribution in [0, 0.1) is 13.8 Å². The zero-order chi connectivity index (χ0) is 19.2. The molecule has 1 aliphatic carbocycles. The van der Waals surface area contributed by atoms with Gasteiger partial charge in [-0.1, -0.05) is 23.9 Å². The molecule has 27 heavy (non-hydrogen) atoms. The summed E-state index contributed by atoms with van der Waals surface area (Å²) in [5.74, 6) is 0.649. The van der Waals surface area contributed by atoms with Crippen molar-refractivity contribution >= 4 is 29.2 Å². The van der Waals surface area contributed by atoms with E-state index in [1.165, 1.54) is 0 Å². The first-order valence-electron chi connectivity index (χ1n) is 8.91. The third kappa shape index (κ3) is 5.72. The molecule has 0 aliphatic heterocycles. The minimum Gasteiger partial charge on any atom is -0.299 e. The molecule has 1 N–H and O–H groups in total. The molecule has 0 unspecified atom stereocenters. The maximum Gasteiger partial charge on any atom is 0.271 e. The summed E-state index contributed by atoms with van der Waals surface area (Å²) in [6.45, 7) is 3.91. The predicted octanol–water partition coefficient (Wildman–Crippen LogP) is 3.61. The van der Waals surface area contributed by atoms with Crippen molar-refractivity contribution in [3.8, 4) is 0 Å². The third-order valence-electron chi connectivity index (χ3n) is 4.18. The van der Waals surface area contributed by atoms with Gasteiger partial charge in [0.05, 0.1) is 0 Å². The molecule has 0 saturated heterocycles. The van der Waals surface area contributed by atoms with Crippen molar-refractivity contribution < 1.29 is 9.59 Å². The topological polar surface area (TPSA) is 84.3 Å². The molecule has 0 spiro atoms. The second-order valence-electron chi connectivity index (χ2n) is 6.61. The zero-order valence-corrected chi connectivity index (χ0v) is 16.3. The van der Waals surface area contributed by atoms with Crippen LogP contribution in [-0.4, -0.2) is 27.4 Å². The Morgan fingerprint density at radius 2 is 1.85 bits per heavy atom. The largest absolute Gasteiger partial charge is 0.299 e. The molecule has 1 amide bonds. The number of hydrogen-bond donors (Lipinski definition) is 1. The van der Waals surface area contributed by atoms with E-state index < -0.39 is 0 Å². The summed E-state index contributed by atoms with van der Waals surface area (Å²) in [5, 5.41) is 4.86. The fourth-order valence-electron chi connectivity index (χ4n) is 2.84. The molecule has 6 nitrogen and oxygen atoms in total. The van der Waals surface area contributed by atoms with Gasteiger partial charge in [-0.3, -0.25) is 9.59 Å². The number of aryl methyl sites for hydroxylation is 2. The number of rotatable bonds is 5. The van der Waals surface area contributed by atoms with Crippen LogP contribution in [0.1, 0.15) is 53.0 Å². The number of amides is 1. The number of carbonyl (C=O) groups is 2. The van der Waals surface area contributed by atoms with Crippen molar-refractivity contribution in [3.05, 3.63) is 52.8 Å². The molecule has 0 radical (unpaired) electrons. The monoisotopic (exact) mass is 382 g/mol. The standard InChI is InChI=1S/C20H22N4O2S/c1-13-10-14(2)22-20(21-13)27-12-15-6-8-16(9-7-15)19(26)24-23-17-4-3-5-18(25)11-17/h6-10H,3-5,11-12H2,1-2H3,(H,24,26)/b23-17-. The molecule has 1 fully saturated rings. The van der Waals surface area contributed by atoms with Crippen LogP contribution in [0.4, 0.5) is 0 Å². The summed E-state index contributed by atoms with van der Waals surface area (Å²) < 4.78 is 0. The minimum atomic E-state index is -0.266. The minimum absolute atomic E-state index is 0.184. The van der Waals surface area contributed by atoms with Crippen LogP contribution >= 0.6 is 11.8 Å². The molecule has 2 aromatic rings. The Labute approximate surface area is 162 Å².